The SMILES string of the molecule is CC(C)(C)c1cnc2c(c1)C=CC2.CC(C)(C)c1cncc2ccccc12. The quantitative estimate of drug-likeness (QED) is 0.459. The summed E-state index contributed by atoms with van der Waals surface area (Å²) in [6.45, 7) is 13.3. The van der Waals surface area contributed by atoms with E-state index in [-0.39, 0.29) is 10.8 Å². The van der Waals surface area contributed by atoms with Crippen molar-refractivity contribution in [3.8, 4) is 0 Å². The van der Waals surface area contributed by atoms with Gasteiger partial charge in [0.2, 0.25) is 0 Å². The molecule has 4 rings (SSSR count). The normalized spacial score (nSPS) is 13.3. The first-order valence-electron chi connectivity index (χ1n) is 9.65. The molecule has 1 aliphatic rings. The van der Waals surface area contributed by atoms with Gasteiger partial charge in [-0.15, -0.1) is 0 Å². The molecule has 2 heterocycles. The number of pyridine rings is 2. The lowest BCUT2D eigenvalue weighted by atomic mass is 9.85. The lowest BCUT2D eigenvalue weighted by Gasteiger charge is -2.20. The molecule has 1 aliphatic carbocycles. The maximum Gasteiger partial charge on any atom is 0.0513 e. The Balaban J connectivity index is 0.000000156. The number of fused-ring (bicyclic) bond motifs is 2. The zero-order chi connectivity index (χ0) is 19.7. The fourth-order valence-corrected chi connectivity index (χ4v) is 3.25. The Morgan fingerprint density at radius 3 is 2.30 bits per heavy atom. The summed E-state index contributed by atoms with van der Waals surface area (Å²) >= 11 is 0. The lowest BCUT2D eigenvalue weighted by molar-refractivity contribution is 0.586. The molecule has 0 fully saturated rings. The summed E-state index contributed by atoms with van der Waals surface area (Å²) in [5.41, 5.74) is 5.51. The van der Waals surface area contributed by atoms with Crippen LogP contribution in [0.1, 0.15) is 63.9 Å². The van der Waals surface area contributed by atoms with E-state index in [2.05, 4.69) is 94.0 Å². The average molecular weight is 359 g/mol. The molecule has 0 unspecified atom stereocenters. The van der Waals surface area contributed by atoms with E-state index in [9.17, 15) is 0 Å². The molecule has 0 N–H and O–H groups in total. The summed E-state index contributed by atoms with van der Waals surface area (Å²) in [4.78, 5) is 8.74. The first-order valence-corrected chi connectivity index (χ1v) is 9.65. The van der Waals surface area contributed by atoms with Crippen LogP contribution in [0.2, 0.25) is 0 Å². The highest BCUT2D eigenvalue weighted by molar-refractivity contribution is 5.85. The van der Waals surface area contributed by atoms with Crippen molar-refractivity contribution in [2.24, 2.45) is 0 Å². The standard InChI is InChI=1S/C13H15N.C12H15N/c1-13(2,3)12-9-14-8-10-6-4-5-7-11(10)12;1-12(2,3)10-7-9-5-4-6-11(9)13-8-10/h4-9H,1-3H3;4-5,7-8H,6H2,1-3H3. The van der Waals surface area contributed by atoms with E-state index in [0.717, 1.165) is 6.42 Å². The maximum absolute atomic E-state index is 4.46. The average Bonchev–Trinajstić information content (AvgIpc) is 3.08. The Morgan fingerprint density at radius 1 is 0.852 bits per heavy atom. The number of benzene rings is 1. The minimum absolute atomic E-state index is 0.161. The molecule has 0 atom stereocenters. The fourth-order valence-electron chi connectivity index (χ4n) is 3.25. The molecule has 0 saturated heterocycles. The van der Waals surface area contributed by atoms with Gasteiger partial charge in [-0.3, -0.25) is 9.97 Å². The molecule has 0 spiro atoms. The van der Waals surface area contributed by atoms with Gasteiger partial charge in [0.25, 0.3) is 0 Å². The molecule has 0 aliphatic heterocycles. The lowest BCUT2D eigenvalue weighted by Crippen LogP contribution is -2.12. The van der Waals surface area contributed by atoms with Crippen molar-refractivity contribution in [2.45, 2.75) is 58.8 Å². The minimum Gasteiger partial charge on any atom is -0.264 e. The van der Waals surface area contributed by atoms with Crippen LogP contribution in [0.5, 0.6) is 0 Å². The van der Waals surface area contributed by atoms with E-state index in [0.29, 0.717) is 0 Å². The van der Waals surface area contributed by atoms with Gasteiger partial charge in [-0.25, -0.2) is 0 Å². The molecule has 0 amide bonds. The van der Waals surface area contributed by atoms with Crippen LogP contribution in [0.15, 0.2) is 55.0 Å². The van der Waals surface area contributed by atoms with E-state index in [1.165, 1.54) is 33.2 Å². The highest BCUT2D eigenvalue weighted by Crippen LogP contribution is 2.28. The van der Waals surface area contributed by atoms with E-state index >= 15 is 0 Å². The summed E-state index contributed by atoms with van der Waals surface area (Å²) in [7, 11) is 0. The third kappa shape index (κ3) is 4.44. The summed E-state index contributed by atoms with van der Waals surface area (Å²) in [6, 6.07) is 10.7. The number of nitrogens with zero attached hydrogens (tertiary/aromatic N) is 2. The molecule has 2 heteroatoms. The summed E-state index contributed by atoms with van der Waals surface area (Å²) in [5, 5.41) is 2.54. The van der Waals surface area contributed by atoms with Gasteiger partial charge < -0.3 is 0 Å². The Kier molecular flexibility index (Phi) is 5.19. The largest absolute Gasteiger partial charge is 0.264 e. The number of hydrogen-bond acceptors (Lipinski definition) is 2. The van der Waals surface area contributed by atoms with E-state index in [4.69, 9.17) is 0 Å². The third-order valence-corrected chi connectivity index (χ3v) is 4.95. The number of rotatable bonds is 0. The summed E-state index contributed by atoms with van der Waals surface area (Å²) in [6.07, 6.45) is 11.2. The molecular weight excluding hydrogens is 328 g/mol. The number of aromatic nitrogens is 2. The van der Waals surface area contributed by atoms with Crippen molar-refractivity contribution in [3.63, 3.8) is 0 Å². The molecule has 0 saturated carbocycles. The van der Waals surface area contributed by atoms with Gasteiger partial charge in [-0.05, 0) is 39.0 Å². The second-order valence-corrected chi connectivity index (χ2v) is 9.27. The Labute approximate surface area is 163 Å². The Hall–Kier alpha value is -2.48. The second kappa shape index (κ2) is 7.26. The predicted molar refractivity (Wildman–Crippen MR) is 116 cm³/mol. The zero-order valence-electron chi connectivity index (χ0n) is 17.4. The summed E-state index contributed by atoms with van der Waals surface area (Å²) < 4.78 is 0. The first-order chi connectivity index (χ1) is 12.7. The third-order valence-electron chi connectivity index (χ3n) is 4.95. The van der Waals surface area contributed by atoms with Gasteiger partial charge in [-0.1, -0.05) is 78.0 Å². The smallest absolute Gasteiger partial charge is 0.0513 e. The van der Waals surface area contributed by atoms with Crippen molar-refractivity contribution in [1.82, 2.24) is 9.97 Å². The molecule has 0 bridgehead atoms. The topological polar surface area (TPSA) is 25.8 Å². The van der Waals surface area contributed by atoms with Crippen LogP contribution in [0.25, 0.3) is 16.8 Å². The van der Waals surface area contributed by atoms with Crippen molar-refractivity contribution >= 4 is 16.8 Å². The van der Waals surface area contributed by atoms with Crippen LogP contribution < -0.4 is 0 Å². The van der Waals surface area contributed by atoms with E-state index in [1.54, 1.807) is 0 Å². The van der Waals surface area contributed by atoms with Crippen LogP contribution >= 0.6 is 0 Å². The van der Waals surface area contributed by atoms with Gasteiger partial charge in [0, 0.05) is 30.4 Å². The van der Waals surface area contributed by atoms with Crippen LogP contribution in [0.3, 0.4) is 0 Å². The van der Waals surface area contributed by atoms with Crippen LogP contribution in [0.4, 0.5) is 0 Å². The predicted octanol–water partition coefficient (Wildman–Crippen LogP) is 6.48. The van der Waals surface area contributed by atoms with Crippen molar-refractivity contribution in [3.05, 3.63) is 77.4 Å². The molecule has 1 aromatic carbocycles. The number of hydrogen-bond donors (Lipinski definition) is 0. The summed E-state index contributed by atoms with van der Waals surface area (Å²) in [5.74, 6) is 0. The highest BCUT2D eigenvalue weighted by atomic mass is 14.7. The first kappa shape index (κ1) is 19.3. The molecule has 2 aromatic heterocycles. The van der Waals surface area contributed by atoms with Gasteiger partial charge in [-0.2, -0.15) is 0 Å². The second-order valence-electron chi connectivity index (χ2n) is 9.27. The Morgan fingerprint density at radius 2 is 1.59 bits per heavy atom. The van der Waals surface area contributed by atoms with Crippen LogP contribution in [0, 0.1) is 0 Å². The van der Waals surface area contributed by atoms with Crippen LogP contribution in [-0.4, -0.2) is 9.97 Å². The molecule has 140 valence electrons. The van der Waals surface area contributed by atoms with E-state index in [1.807, 2.05) is 18.6 Å². The zero-order valence-corrected chi connectivity index (χ0v) is 17.4. The monoisotopic (exact) mass is 358 g/mol. The van der Waals surface area contributed by atoms with Crippen molar-refractivity contribution < 1.29 is 0 Å². The van der Waals surface area contributed by atoms with Gasteiger partial charge in [0.05, 0.1) is 5.69 Å². The Bertz CT molecular complexity index is 964. The van der Waals surface area contributed by atoms with E-state index < -0.39 is 0 Å². The fraction of sp³-hybridized carbons (Fsp3) is 0.360. The molecule has 0 radical (unpaired) electrons. The number of allylic oxidation sites excluding steroid dienone is 1. The van der Waals surface area contributed by atoms with Crippen molar-refractivity contribution in [2.75, 3.05) is 0 Å². The highest BCUT2D eigenvalue weighted by Gasteiger charge is 2.17. The molecule has 3 aromatic rings. The van der Waals surface area contributed by atoms with Gasteiger partial charge >= 0.3 is 0 Å². The van der Waals surface area contributed by atoms with Crippen LogP contribution in [-0.2, 0) is 17.3 Å². The van der Waals surface area contributed by atoms with Crippen molar-refractivity contribution in [1.29, 1.82) is 0 Å². The maximum atomic E-state index is 4.46. The van der Waals surface area contributed by atoms with Gasteiger partial charge in [0.1, 0.15) is 0 Å². The molecule has 27 heavy (non-hydrogen) atoms. The molecule has 2 nitrogen and oxygen atoms in total. The molecular formula is C25H30N2. The minimum atomic E-state index is 0.161. The van der Waals surface area contributed by atoms with Gasteiger partial charge in [0.15, 0.2) is 0 Å².